The quantitative estimate of drug-likeness (QED) is 0.447. The topological polar surface area (TPSA) is 134 Å². The highest BCUT2D eigenvalue weighted by Crippen LogP contribution is 2.33. The number of benzene rings is 1. The molecule has 1 aromatic carbocycles. The summed E-state index contributed by atoms with van der Waals surface area (Å²) >= 11 is 0. The molecule has 3 heterocycles. The maximum Gasteiger partial charge on any atom is 0.416 e. The molecule has 4 atom stereocenters. The van der Waals surface area contributed by atoms with E-state index < -0.39 is 42.2 Å². The molecule has 4 rings (SSSR count). The van der Waals surface area contributed by atoms with Gasteiger partial charge in [-0.05, 0) is 17.7 Å². The number of amides is 1. The molecule has 32 heavy (non-hydrogen) atoms. The number of aromatic nitrogens is 4. The van der Waals surface area contributed by atoms with Crippen LogP contribution in [0.2, 0.25) is 0 Å². The van der Waals surface area contributed by atoms with Gasteiger partial charge >= 0.3 is 6.18 Å². The number of imidazole rings is 1. The van der Waals surface area contributed by atoms with Crippen LogP contribution in [0.1, 0.15) is 17.4 Å². The molecule has 10 nitrogen and oxygen atoms in total. The standard InChI is InChI=1S/C19H19F3N6O4/c1-23-17(31)14-12(29)13(30)18(32-14)28-8-27-11-15(25-7-26-16(11)28)24-6-9-2-4-10(5-3-9)19(20,21)22/h2-5,7-8,12-14,18,29-30H,6H2,1H3,(H,23,31)(H,24,25,26)/t12-,13+,14-,18+/m0/s1. The van der Waals surface area contributed by atoms with Gasteiger partial charge in [0.25, 0.3) is 5.91 Å². The second-order valence-corrected chi connectivity index (χ2v) is 7.14. The summed E-state index contributed by atoms with van der Waals surface area (Å²) in [7, 11) is 1.38. The first-order valence-electron chi connectivity index (χ1n) is 9.51. The SMILES string of the molecule is CNC(=O)[C@H]1O[C@@H](n2cnc3c(NCc4ccc(C(F)(F)F)cc4)ncnc32)[C@H](O)[C@@H]1O. The number of aliphatic hydroxyl groups is 2. The van der Waals surface area contributed by atoms with E-state index in [2.05, 4.69) is 25.6 Å². The Morgan fingerprint density at radius 3 is 2.53 bits per heavy atom. The minimum absolute atomic E-state index is 0.178. The average molecular weight is 452 g/mol. The third-order valence-corrected chi connectivity index (χ3v) is 5.12. The van der Waals surface area contributed by atoms with E-state index in [9.17, 15) is 28.2 Å². The Bertz CT molecular complexity index is 1120. The van der Waals surface area contributed by atoms with Gasteiger partial charge in [0.1, 0.15) is 18.5 Å². The molecule has 1 aliphatic heterocycles. The van der Waals surface area contributed by atoms with Crippen molar-refractivity contribution in [2.45, 2.75) is 37.3 Å². The largest absolute Gasteiger partial charge is 0.416 e. The molecule has 0 aliphatic carbocycles. The molecule has 1 amide bonds. The van der Waals surface area contributed by atoms with Crippen molar-refractivity contribution in [2.75, 3.05) is 12.4 Å². The summed E-state index contributed by atoms with van der Waals surface area (Å²) in [6.45, 7) is 0.178. The molecule has 3 aromatic rings. The fraction of sp³-hybridized carbons (Fsp3) is 0.368. The zero-order chi connectivity index (χ0) is 23.0. The molecule has 2 aromatic heterocycles. The summed E-state index contributed by atoms with van der Waals surface area (Å²) in [5.74, 6) is -0.276. The number of carbonyl (C=O) groups excluding carboxylic acids is 1. The number of rotatable bonds is 5. The van der Waals surface area contributed by atoms with Crippen LogP contribution >= 0.6 is 0 Å². The Kier molecular flexibility index (Phi) is 5.71. The van der Waals surface area contributed by atoms with Crippen LogP contribution in [-0.2, 0) is 22.3 Å². The monoisotopic (exact) mass is 452 g/mol. The van der Waals surface area contributed by atoms with Crippen molar-refractivity contribution < 1.29 is 32.9 Å². The fourth-order valence-electron chi connectivity index (χ4n) is 3.41. The first kappa shape index (κ1) is 21.9. The predicted octanol–water partition coefficient (Wildman–Crippen LogP) is 0.822. The van der Waals surface area contributed by atoms with E-state index in [0.717, 1.165) is 12.1 Å². The van der Waals surface area contributed by atoms with Gasteiger partial charge in [0.15, 0.2) is 29.3 Å². The number of aliphatic hydroxyl groups excluding tert-OH is 2. The van der Waals surface area contributed by atoms with Crippen molar-refractivity contribution in [3.8, 4) is 0 Å². The second-order valence-electron chi connectivity index (χ2n) is 7.14. The number of nitrogens with one attached hydrogen (secondary N) is 2. The first-order valence-corrected chi connectivity index (χ1v) is 9.51. The summed E-state index contributed by atoms with van der Waals surface area (Å²) in [6, 6.07) is 4.70. The maximum absolute atomic E-state index is 12.7. The number of ether oxygens (including phenoxy) is 1. The molecule has 0 saturated carbocycles. The third-order valence-electron chi connectivity index (χ3n) is 5.12. The van der Waals surface area contributed by atoms with Gasteiger partial charge < -0.3 is 25.6 Å². The predicted molar refractivity (Wildman–Crippen MR) is 104 cm³/mol. The normalized spacial score (nSPS) is 23.4. The number of halogens is 3. The summed E-state index contributed by atoms with van der Waals surface area (Å²) < 4.78 is 45.0. The first-order chi connectivity index (χ1) is 15.2. The Morgan fingerprint density at radius 1 is 1.16 bits per heavy atom. The molecule has 0 radical (unpaired) electrons. The minimum Gasteiger partial charge on any atom is -0.387 e. The van der Waals surface area contributed by atoms with E-state index in [1.807, 2.05) is 0 Å². The molecule has 0 spiro atoms. The Labute approximate surface area is 179 Å². The lowest BCUT2D eigenvalue weighted by Crippen LogP contribution is -2.41. The lowest BCUT2D eigenvalue weighted by Gasteiger charge is -2.16. The van der Waals surface area contributed by atoms with Crippen molar-refractivity contribution >= 4 is 22.9 Å². The van der Waals surface area contributed by atoms with E-state index in [1.54, 1.807) is 0 Å². The molecule has 0 bridgehead atoms. The lowest BCUT2D eigenvalue weighted by atomic mass is 10.1. The van der Waals surface area contributed by atoms with Crippen LogP contribution in [0.5, 0.6) is 0 Å². The Hall–Kier alpha value is -3.29. The van der Waals surface area contributed by atoms with Crippen LogP contribution in [0.4, 0.5) is 19.0 Å². The summed E-state index contributed by atoms with van der Waals surface area (Å²) in [6.07, 6.45) is -7.08. The van der Waals surface area contributed by atoms with E-state index in [-0.39, 0.29) is 12.2 Å². The van der Waals surface area contributed by atoms with Crippen molar-refractivity contribution in [2.24, 2.45) is 0 Å². The third kappa shape index (κ3) is 3.97. The zero-order valence-electron chi connectivity index (χ0n) is 16.6. The van der Waals surface area contributed by atoms with Gasteiger partial charge in [-0.1, -0.05) is 12.1 Å². The Morgan fingerprint density at radius 2 is 1.88 bits per heavy atom. The number of hydrogen-bond acceptors (Lipinski definition) is 8. The highest BCUT2D eigenvalue weighted by Gasteiger charge is 2.47. The number of alkyl halides is 3. The zero-order valence-corrected chi connectivity index (χ0v) is 16.6. The summed E-state index contributed by atoms with van der Waals surface area (Å²) in [5.41, 5.74) is 0.434. The molecule has 1 saturated heterocycles. The van der Waals surface area contributed by atoms with Crippen LogP contribution in [0.15, 0.2) is 36.9 Å². The van der Waals surface area contributed by atoms with Gasteiger partial charge in [-0.2, -0.15) is 13.2 Å². The lowest BCUT2D eigenvalue weighted by molar-refractivity contribution is -0.138. The molecule has 1 aliphatic rings. The van der Waals surface area contributed by atoms with Gasteiger partial charge in [-0.3, -0.25) is 9.36 Å². The van der Waals surface area contributed by atoms with Gasteiger partial charge in [0.2, 0.25) is 0 Å². The highest BCUT2D eigenvalue weighted by molar-refractivity contribution is 5.83. The molecule has 4 N–H and O–H groups in total. The number of likely N-dealkylation sites (N-methyl/N-ethyl adjacent to an activating group) is 1. The fourth-order valence-corrected chi connectivity index (χ4v) is 3.41. The van der Waals surface area contributed by atoms with Gasteiger partial charge in [-0.25, -0.2) is 15.0 Å². The number of nitrogens with zero attached hydrogens (tertiary/aromatic N) is 4. The van der Waals surface area contributed by atoms with E-state index in [0.29, 0.717) is 16.9 Å². The van der Waals surface area contributed by atoms with Gasteiger partial charge in [0, 0.05) is 13.6 Å². The van der Waals surface area contributed by atoms with Crippen LogP contribution in [0.25, 0.3) is 11.2 Å². The van der Waals surface area contributed by atoms with E-state index in [1.165, 1.54) is 36.4 Å². The molecular formula is C19H19F3N6O4. The second kappa shape index (κ2) is 8.33. The molecule has 0 unspecified atom stereocenters. The van der Waals surface area contributed by atoms with Crippen LogP contribution in [0.3, 0.4) is 0 Å². The van der Waals surface area contributed by atoms with Crippen molar-refractivity contribution in [1.82, 2.24) is 24.8 Å². The summed E-state index contributed by atoms with van der Waals surface area (Å²) in [5, 5.41) is 25.9. The minimum atomic E-state index is -4.41. The molecule has 13 heteroatoms. The van der Waals surface area contributed by atoms with Gasteiger partial charge in [-0.15, -0.1) is 0 Å². The average Bonchev–Trinajstić information content (AvgIpc) is 3.33. The maximum atomic E-state index is 12.7. The van der Waals surface area contributed by atoms with Crippen molar-refractivity contribution in [3.63, 3.8) is 0 Å². The van der Waals surface area contributed by atoms with Crippen LogP contribution in [0, 0.1) is 0 Å². The number of hydrogen-bond donors (Lipinski definition) is 4. The molecule has 1 fully saturated rings. The highest BCUT2D eigenvalue weighted by atomic mass is 19.4. The number of carbonyl (C=O) groups is 1. The van der Waals surface area contributed by atoms with Crippen LogP contribution < -0.4 is 10.6 Å². The van der Waals surface area contributed by atoms with Crippen molar-refractivity contribution in [1.29, 1.82) is 0 Å². The summed E-state index contributed by atoms with van der Waals surface area (Å²) in [4.78, 5) is 24.3. The molecular weight excluding hydrogens is 433 g/mol. The smallest absolute Gasteiger partial charge is 0.387 e. The van der Waals surface area contributed by atoms with Crippen molar-refractivity contribution in [3.05, 3.63) is 48.0 Å². The number of anilines is 1. The number of fused-ring (bicyclic) bond motifs is 1. The van der Waals surface area contributed by atoms with Gasteiger partial charge in [0.05, 0.1) is 11.9 Å². The van der Waals surface area contributed by atoms with E-state index >= 15 is 0 Å². The molecule has 170 valence electrons. The van der Waals surface area contributed by atoms with Crippen LogP contribution in [-0.4, -0.2) is 61.0 Å². The van der Waals surface area contributed by atoms with E-state index in [4.69, 9.17) is 4.74 Å². The Balaban J connectivity index is 1.54.